The number of halogens is 1. The van der Waals surface area contributed by atoms with Crippen LogP contribution < -0.4 is 0 Å². The number of alkyl halides is 1. The molecule has 2 N–H and O–H groups in total. The number of hydrogen-bond donors (Lipinski definition) is 2. The van der Waals surface area contributed by atoms with Gasteiger partial charge in [0.2, 0.25) is 0 Å². The highest BCUT2D eigenvalue weighted by Crippen LogP contribution is 2.48. The van der Waals surface area contributed by atoms with Gasteiger partial charge in [0.25, 0.3) is 0 Å². The molecule has 2 unspecified atom stereocenters. The quantitative estimate of drug-likeness (QED) is 0.728. The summed E-state index contributed by atoms with van der Waals surface area (Å²) in [5.41, 5.74) is 2.99. The van der Waals surface area contributed by atoms with Crippen LogP contribution >= 0.6 is 15.9 Å². The number of rotatable bonds is 6. The highest BCUT2D eigenvalue weighted by Gasteiger charge is 2.37. The van der Waals surface area contributed by atoms with Crippen LogP contribution in [-0.2, 0) is 6.42 Å². The predicted octanol–water partition coefficient (Wildman–Crippen LogP) is 4.17. The number of benzene rings is 2. The Balaban J connectivity index is 1.87. The standard InChI is InChI=1S/C19H17BrO4/c20-10-15-9-16(15)12-3-1-2-11(6-12)7-13-4-5-14(18(21)22)8-17(13)19(23)24/h1-6,8,15-16H,7,9-10H2,(H,21,22)(H,23,24). The fourth-order valence-electron chi connectivity index (χ4n) is 3.04. The van der Waals surface area contributed by atoms with Crippen LogP contribution in [0.15, 0.2) is 42.5 Å². The minimum atomic E-state index is -1.12. The van der Waals surface area contributed by atoms with E-state index in [0.717, 1.165) is 10.9 Å². The van der Waals surface area contributed by atoms with Crippen molar-refractivity contribution in [3.05, 3.63) is 70.3 Å². The van der Waals surface area contributed by atoms with Crippen molar-refractivity contribution in [3.63, 3.8) is 0 Å². The van der Waals surface area contributed by atoms with Gasteiger partial charge in [-0.25, -0.2) is 9.59 Å². The number of carbonyl (C=O) groups is 2. The van der Waals surface area contributed by atoms with Crippen LogP contribution in [0.4, 0.5) is 0 Å². The molecule has 4 nitrogen and oxygen atoms in total. The smallest absolute Gasteiger partial charge is 0.336 e. The highest BCUT2D eigenvalue weighted by atomic mass is 79.9. The Morgan fingerprint density at radius 2 is 1.88 bits per heavy atom. The van der Waals surface area contributed by atoms with Crippen LogP contribution in [0.5, 0.6) is 0 Å². The van der Waals surface area contributed by atoms with E-state index < -0.39 is 11.9 Å². The molecule has 0 heterocycles. The lowest BCUT2D eigenvalue weighted by molar-refractivity contribution is 0.0695. The first-order chi connectivity index (χ1) is 11.5. The maximum absolute atomic E-state index is 11.5. The molecular weight excluding hydrogens is 372 g/mol. The van der Waals surface area contributed by atoms with Gasteiger partial charge in [0, 0.05) is 5.33 Å². The molecule has 1 saturated carbocycles. The van der Waals surface area contributed by atoms with Crippen molar-refractivity contribution in [2.45, 2.75) is 18.8 Å². The summed E-state index contributed by atoms with van der Waals surface area (Å²) in [7, 11) is 0. The van der Waals surface area contributed by atoms with Crippen molar-refractivity contribution in [2.24, 2.45) is 5.92 Å². The molecule has 3 rings (SSSR count). The molecule has 2 aromatic carbocycles. The average Bonchev–Trinajstić information content (AvgIpc) is 3.35. The van der Waals surface area contributed by atoms with E-state index in [0.29, 0.717) is 23.8 Å². The van der Waals surface area contributed by atoms with Gasteiger partial charge < -0.3 is 10.2 Å². The molecule has 0 amide bonds. The molecule has 2 aromatic rings. The summed E-state index contributed by atoms with van der Waals surface area (Å²) in [6.45, 7) is 0. The van der Waals surface area contributed by atoms with E-state index in [1.165, 1.54) is 24.1 Å². The Morgan fingerprint density at radius 1 is 1.08 bits per heavy atom. The fraction of sp³-hybridized carbons (Fsp3) is 0.263. The number of hydrogen-bond acceptors (Lipinski definition) is 2. The van der Waals surface area contributed by atoms with E-state index >= 15 is 0 Å². The second-order valence-corrected chi connectivity index (χ2v) is 6.81. The first-order valence-corrected chi connectivity index (χ1v) is 8.86. The van der Waals surface area contributed by atoms with Gasteiger partial charge in [0.1, 0.15) is 0 Å². The number of carboxylic acids is 2. The van der Waals surface area contributed by atoms with Crippen molar-refractivity contribution in [1.29, 1.82) is 0 Å². The van der Waals surface area contributed by atoms with Crippen LogP contribution in [0, 0.1) is 5.92 Å². The van der Waals surface area contributed by atoms with Gasteiger partial charge in [-0.1, -0.05) is 46.3 Å². The molecule has 0 aromatic heterocycles. The van der Waals surface area contributed by atoms with Crippen LogP contribution in [-0.4, -0.2) is 27.5 Å². The molecule has 124 valence electrons. The topological polar surface area (TPSA) is 74.6 Å². The van der Waals surface area contributed by atoms with Crippen LogP contribution in [0.3, 0.4) is 0 Å². The van der Waals surface area contributed by atoms with Crippen LogP contribution in [0.25, 0.3) is 0 Å². The SMILES string of the molecule is O=C(O)c1ccc(Cc2cccc(C3CC3CBr)c2)c(C(=O)O)c1. The van der Waals surface area contributed by atoms with Gasteiger partial charge in [0.05, 0.1) is 11.1 Å². The average molecular weight is 389 g/mol. The lowest BCUT2D eigenvalue weighted by Gasteiger charge is -2.09. The summed E-state index contributed by atoms with van der Waals surface area (Å²) in [5.74, 6) is -0.964. The van der Waals surface area contributed by atoms with E-state index in [4.69, 9.17) is 5.11 Å². The van der Waals surface area contributed by atoms with Gasteiger partial charge in [0.15, 0.2) is 0 Å². The highest BCUT2D eigenvalue weighted by molar-refractivity contribution is 9.09. The van der Waals surface area contributed by atoms with Gasteiger partial charge in [-0.05, 0) is 53.5 Å². The number of aromatic carboxylic acids is 2. The molecule has 5 heteroatoms. The Labute approximate surface area is 148 Å². The normalized spacial score (nSPS) is 19.0. The summed E-state index contributed by atoms with van der Waals surface area (Å²) in [6, 6.07) is 12.5. The third-order valence-corrected chi connectivity index (χ3v) is 5.31. The second kappa shape index (κ2) is 6.77. The molecule has 0 aliphatic heterocycles. The zero-order valence-corrected chi connectivity index (χ0v) is 14.5. The summed E-state index contributed by atoms with van der Waals surface area (Å²) in [6.07, 6.45) is 1.66. The molecule has 1 fully saturated rings. The maximum atomic E-state index is 11.5. The predicted molar refractivity (Wildman–Crippen MR) is 94.3 cm³/mol. The zero-order chi connectivity index (χ0) is 17.3. The third-order valence-electron chi connectivity index (χ3n) is 4.48. The summed E-state index contributed by atoms with van der Waals surface area (Å²) in [5, 5.41) is 19.4. The van der Waals surface area contributed by atoms with Crippen LogP contribution in [0.2, 0.25) is 0 Å². The first-order valence-electron chi connectivity index (χ1n) is 7.74. The van der Waals surface area contributed by atoms with Crippen molar-refractivity contribution in [3.8, 4) is 0 Å². The van der Waals surface area contributed by atoms with Crippen molar-refractivity contribution >= 4 is 27.9 Å². The van der Waals surface area contributed by atoms with Crippen molar-refractivity contribution < 1.29 is 19.8 Å². The molecular formula is C19H17BrO4. The molecule has 1 aliphatic carbocycles. The minimum Gasteiger partial charge on any atom is -0.478 e. The van der Waals surface area contributed by atoms with Crippen molar-refractivity contribution in [1.82, 2.24) is 0 Å². The van der Waals surface area contributed by atoms with Crippen molar-refractivity contribution in [2.75, 3.05) is 5.33 Å². The molecule has 2 atom stereocenters. The van der Waals surface area contributed by atoms with Gasteiger partial charge in [-0.3, -0.25) is 0 Å². The number of carboxylic acid groups (broad SMARTS) is 2. The third kappa shape index (κ3) is 3.51. The Kier molecular flexibility index (Phi) is 4.71. The molecule has 24 heavy (non-hydrogen) atoms. The Hall–Kier alpha value is -2.14. The van der Waals surface area contributed by atoms with Gasteiger partial charge in [-0.15, -0.1) is 0 Å². The van der Waals surface area contributed by atoms with E-state index in [-0.39, 0.29) is 11.1 Å². The fourth-order valence-corrected chi connectivity index (χ4v) is 3.76. The van der Waals surface area contributed by atoms with E-state index in [1.54, 1.807) is 6.07 Å². The molecule has 0 saturated heterocycles. The van der Waals surface area contributed by atoms with E-state index in [9.17, 15) is 14.7 Å². The zero-order valence-electron chi connectivity index (χ0n) is 12.9. The Morgan fingerprint density at radius 3 is 2.50 bits per heavy atom. The Bertz CT molecular complexity index is 800. The monoisotopic (exact) mass is 388 g/mol. The molecule has 0 spiro atoms. The summed E-state index contributed by atoms with van der Waals surface area (Å²) >= 11 is 3.52. The van der Waals surface area contributed by atoms with Gasteiger partial charge in [-0.2, -0.15) is 0 Å². The van der Waals surface area contributed by atoms with E-state index in [2.05, 4.69) is 28.1 Å². The minimum absolute atomic E-state index is 0.0111. The lowest BCUT2D eigenvalue weighted by Crippen LogP contribution is -2.07. The first kappa shape index (κ1) is 16.7. The molecule has 0 bridgehead atoms. The summed E-state index contributed by atoms with van der Waals surface area (Å²) < 4.78 is 0. The van der Waals surface area contributed by atoms with Crippen LogP contribution in [0.1, 0.15) is 49.7 Å². The second-order valence-electron chi connectivity index (χ2n) is 6.16. The maximum Gasteiger partial charge on any atom is 0.336 e. The van der Waals surface area contributed by atoms with E-state index in [1.807, 2.05) is 12.1 Å². The molecule has 1 aliphatic rings. The lowest BCUT2D eigenvalue weighted by atomic mass is 9.96. The largest absolute Gasteiger partial charge is 0.478 e. The molecule has 0 radical (unpaired) electrons. The van der Waals surface area contributed by atoms with Gasteiger partial charge >= 0.3 is 11.9 Å². The summed E-state index contributed by atoms with van der Waals surface area (Å²) in [4.78, 5) is 22.5.